The first kappa shape index (κ1) is 26.6. The molecule has 0 saturated carbocycles. The van der Waals surface area contributed by atoms with E-state index in [1.165, 1.54) is 0 Å². The summed E-state index contributed by atoms with van der Waals surface area (Å²) < 4.78 is 11.1. The second-order valence-corrected chi connectivity index (χ2v) is 9.30. The molecule has 3 rings (SSSR count). The molecular weight excluding hydrogens is 450 g/mol. The number of aliphatic imine (C=N–C) groups is 1. The lowest BCUT2D eigenvalue weighted by Crippen LogP contribution is -2.27. The number of esters is 2. The van der Waals surface area contributed by atoms with Crippen molar-refractivity contribution < 1.29 is 19.1 Å². The van der Waals surface area contributed by atoms with E-state index < -0.39 is 23.5 Å². The predicted octanol–water partition coefficient (Wildman–Crippen LogP) is 6.48. The fourth-order valence-electron chi connectivity index (χ4n) is 3.74. The van der Waals surface area contributed by atoms with Gasteiger partial charge in [0.1, 0.15) is 5.60 Å². The smallest absolute Gasteiger partial charge is 0.357 e. The van der Waals surface area contributed by atoms with Gasteiger partial charge < -0.3 is 9.47 Å². The maximum atomic E-state index is 13.7. The first-order valence-electron chi connectivity index (χ1n) is 12.1. The molecule has 3 aromatic rings. The maximum Gasteiger partial charge on any atom is 0.357 e. The molecule has 0 radical (unpaired) electrons. The van der Waals surface area contributed by atoms with Crippen molar-refractivity contribution in [1.29, 1.82) is 0 Å². The van der Waals surface area contributed by atoms with Gasteiger partial charge in [-0.05, 0) is 40.2 Å². The molecule has 5 heteroatoms. The Balaban J connectivity index is 2.38. The van der Waals surface area contributed by atoms with Crippen molar-refractivity contribution in [2.45, 2.75) is 40.2 Å². The summed E-state index contributed by atoms with van der Waals surface area (Å²) in [5.41, 5.74) is 2.73. The van der Waals surface area contributed by atoms with Crippen LogP contribution in [-0.2, 0) is 19.1 Å². The minimum absolute atomic E-state index is 0.0689. The Morgan fingerprint density at radius 3 is 1.64 bits per heavy atom. The van der Waals surface area contributed by atoms with Crippen LogP contribution in [0.4, 0.5) is 0 Å². The van der Waals surface area contributed by atoms with E-state index in [1.807, 2.05) is 91.0 Å². The number of nitrogens with zero attached hydrogens (tertiary/aromatic N) is 1. The van der Waals surface area contributed by atoms with E-state index in [2.05, 4.69) is 0 Å². The Bertz CT molecular complexity index is 1180. The lowest BCUT2D eigenvalue weighted by atomic mass is 9.91. The molecule has 5 nitrogen and oxygen atoms in total. The third-order valence-corrected chi connectivity index (χ3v) is 5.32. The molecule has 0 spiro atoms. The maximum absolute atomic E-state index is 13.7. The van der Waals surface area contributed by atoms with Gasteiger partial charge in [-0.1, -0.05) is 91.0 Å². The van der Waals surface area contributed by atoms with E-state index >= 15 is 0 Å². The van der Waals surface area contributed by atoms with Gasteiger partial charge in [0, 0.05) is 16.7 Å². The quantitative estimate of drug-likeness (QED) is 0.209. The average Bonchev–Trinajstić information content (AvgIpc) is 2.87. The van der Waals surface area contributed by atoms with Gasteiger partial charge >= 0.3 is 11.9 Å². The summed E-state index contributed by atoms with van der Waals surface area (Å²) in [6.45, 7) is 9.13. The number of hydrogen-bond donors (Lipinski definition) is 0. The van der Waals surface area contributed by atoms with Crippen LogP contribution in [0, 0.1) is 5.92 Å². The van der Waals surface area contributed by atoms with Crippen LogP contribution >= 0.6 is 0 Å². The summed E-state index contributed by atoms with van der Waals surface area (Å²) in [5.74, 6) is -1.80. The van der Waals surface area contributed by atoms with Crippen LogP contribution in [0.15, 0.2) is 102 Å². The number of benzene rings is 3. The summed E-state index contributed by atoms with van der Waals surface area (Å²) >= 11 is 0. The molecule has 0 aliphatic rings. The molecule has 0 fully saturated rings. The molecular formula is C31H33NO4. The second-order valence-electron chi connectivity index (χ2n) is 9.30. The molecule has 3 aromatic carbocycles. The number of ether oxygens (including phenoxy) is 2. The molecule has 0 aliphatic carbocycles. The van der Waals surface area contributed by atoms with Crippen molar-refractivity contribution in [3.8, 4) is 0 Å². The van der Waals surface area contributed by atoms with E-state index in [-0.39, 0.29) is 12.3 Å². The van der Waals surface area contributed by atoms with Gasteiger partial charge in [-0.25, -0.2) is 9.79 Å². The summed E-state index contributed by atoms with van der Waals surface area (Å²) in [7, 11) is 0. The Kier molecular flexibility index (Phi) is 8.96. The topological polar surface area (TPSA) is 65.0 Å². The zero-order valence-corrected chi connectivity index (χ0v) is 21.5. The van der Waals surface area contributed by atoms with Crippen molar-refractivity contribution in [1.82, 2.24) is 0 Å². The molecule has 0 aromatic heterocycles. The zero-order valence-electron chi connectivity index (χ0n) is 21.5. The van der Waals surface area contributed by atoms with Gasteiger partial charge in [0.05, 0.1) is 18.2 Å². The highest BCUT2D eigenvalue weighted by molar-refractivity contribution is 6.16. The van der Waals surface area contributed by atoms with E-state index in [9.17, 15) is 9.59 Å². The first-order valence-corrected chi connectivity index (χ1v) is 12.1. The minimum Gasteiger partial charge on any atom is -0.466 e. The third kappa shape index (κ3) is 7.01. The number of hydrogen-bond acceptors (Lipinski definition) is 5. The van der Waals surface area contributed by atoms with Gasteiger partial charge in [0.25, 0.3) is 0 Å². The van der Waals surface area contributed by atoms with Crippen LogP contribution in [-0.4, -0.2) is 29.9 Å². The number of rotatable bonds is 8. The van der Waals surface area contributed by atoms with Crippen molar-refractivity contribution in [3.05, 3.63) is 113 Å². The average molecular weight is 484 g/mol. The molecule has 0 amide bonds. The summed E-state index contributed by atoms with van der Waals surface area (Å²) in [6, 6.07) is 28.6. The van der Waals surface area contributed by atoms with Crippen molar-refractivity contribution in [3.63, 3.8) is 0 Å². The Hall–Kier alpha value is -3.99. The van der Waals surface area contributed by atoms with Gasteiger partial charge in [-0.2, -0.15) is 0 Å². The highest BCUT2D eigenvalue weighted by Gasteiger charge is 2.30. The van der Waals surface area contributed by atoms with Crippen molar-refractivity contribution >= 4 is 23.2 Å². The third-order valence-electron chi connectivity index (χ3n) is 5.32. The number of carbonyl (C=O) groups excluding carboxylic acids is 2. The zero-order chi connectivity index (χ0) is 26.1. The summed E-state index contributed by atoms with van der Waals surface area (Å²) in [4.78, 5) is 31.6. The van der Waals surface area contributed by atoms with E-state index in [4.69, 9.17) is 14.5 Å². The normalized spacial score (nSPS) is 12.7. The highest BCUT2D eigenvalue weighted by atomic mass is 16.6. The molecule has 0 bridgehead atoms. The van der Waals surface area contributed by atoms with Crippen molar-refractivity contribution in [2.75, 3.05) is 6.61 Å². The van der Waals surface area contributed by atoms with Crippen LogP contribution in [0.1, 0.15) is 51.3 Å². The largest absolute Gasteiger partial charge is 0.466 e. The highest BCUT2D eigenvalue weighted by Crippen LogP contribution is 2.31. The molecule has 0 N–H and O–H groups in total. The van der Waals surface area contributed by atoms with Gasteiger partial charge in [-0.15, -0.1) is 0 Å². The molecule has 1 unspecified atom stereocenters. The van der Waals surface area contributed by atoms with Crippen LogP contribution in [0.5, 0.6) is 0 Å². The van der Waals surface area contributed by atoms with Crippen molar-refractivity contribution in [2.24, 2.45) is 10.9 Å². The van der Waals surface area contributed by atoms with E-state index in [0.29, 0.717) is 16.8 Å². The van der Waals surface area contributed by atoms with Crippen LogP contribution in [0.3, 0.4) is 0 Å². The van der Waals surface area contributed by atoms with Gasteiger partial charge in [-0.3, -0.25) is 4.79 Å². The lowest BCUT2D eigenvalue weighted by Gasteiger charge is -2.23. The lowest BCUT2D eigenvalue weighted by molar-refractivity contribution is -0.149. The van der Waals surface area contributed by atoms with E-state index in [0.717, 1.165) is 11.1 Å². The molecule has 0 aliphatic heterocycles. The standard InChI is InChI=1S/C31H33NO4/c1-6-35-29(33)22(2)26(23-16-10-7-11-17-23)28(30(34)36-31(3,4)5)32-27(24-18-12-8-13-19-24)25-20-14-9-15-21-25/h7-22H,6H2,1-5H3/b28-26+. The van der Waals surface area contributed by atoms with Crippen LogP contribution in [0.25, 0.3) is 5.57 Å². The first-order chi connectivity index (χ1) is 17.2. The monoisotopic (exact) mass is 483 g/mol. The molecule has 36 heavy (non-hydrogen) atoms. The summed E-state index contributed by atoms with van der Waals surface area (Å²) in [5, 5.41) is 0. The Labute approximate surface area is 213 Å². The molecule has 186 valence electrons. The Morgan fingerprint density at radius 2 is 1.22 bits per heavy atom. The minimum atomic E-state index is -0.758. The molecule has 1 atom stereocenters. The SMILES string of the molecule is CCOC(=O)C(C)/C(=C(\N=C(c1ccccc1)c1ccccc1)C(=O)OC(C)(C)C)c1ccccc1. The second kappa shape index (κ2) is 12.1. The van der Waals surface area contributed by atoms with Crippen LogP contribution < -0.4 is 0 Å². The van der Waals surface area contributed by atoms with E-state index in [1.54, 1.807) is 34.6 Å². The molecule has 0 heterocycles. The van der Waals surface area contributed by atoms with Gasteiger partial charge in [0.15, 0.2) is 5.70 Å². The fourth-order valence-corrected chi connectivity index (χ4v) is 3.74. The predicted molar refractivity (Wildman–Crippen MR) is 144 cm³/mol. The molecule has 0 saturated heterocycles. The fraction of sp³-hybridized carbons (Fsp3) is 0.258. The van der Waals surface area contributed by atoms with Gasteiger partial charge in [0.2, 0.25) is 0 Å². The van der Waals surface area contributed by atoms with Crippen LogP contribution in [0.2, 0.25) is 0 Å². The number of carbonyl (C=O) groups is 2. The Morgan fingerprint density at radius 1 is 0.778 bits per heavy atom. The summed E-state index contributed by atoms with van der Waals surface area (Å²) in [6.07, 6.45) is 0.